The van der Waals surface area contributed by atoms with Crippen molar-refractivity contribution in [3.63, 3.8) is 0 Å². The maximum Gasteiger partial charge on any atom is 0.317 e. The summed E-state index contributed by atoms with van der Waals surface area (Å²) in [5.74, 6) is -0.819. The fraction of sp³-hybridized carbons (Fsp3) is 0.727. The summed E-state index contributed by atoms with van der Waals surface area (Å²) in [6, 6.07) is 1.79. The number of urea groups is 1. The van der Waals surface area contributed by atoms with Gasteiger partial charge in [-0.05, 0) is 19.8 Å². The first kappa shape index (κ1) is 15.2. The van der Waals surface area contributed by atoms with Crippen LogP contribution in [-0.2, 0) is 4.79 Å². The number of carbonyl (C=O) groups excluding carboxylic acids is 1. The number of hydrogen-bond acceptors (Lipinski definition) is 3. The number of amides is 2. The molecule has 0 fully saturated rings. The molecule has 2 amide bonds. The van der Waals surface area contributed by atoms with Crippen LogP contribution in [0.4, 0.5) is 4.79 Å². The Morgan fingerprint density at radius 1 is 1.41 bits per heavy atom. The molecule has 0 unspecified atom stereocenters. The lowest BCUT2D eigenvalue weighted by Crippen LogP contribution is -2.40. The zero-order valence-electron chi connectivity index (χ0n) is 10.1. The summed E-state index contributed by atoms with van der Waals surface area (Å²) in [5.41, 5.74) is 0. The second kappa shape index (κ2) is 9.46. The fourth-order valence-electron chi connectivity index (χ4n) is 1.30. The highest BCUT2D eigenvalue weighted by atomic mass is 16.4. The number of nitrogens with zero attached hydrogens (tertiary/aromatic N) is 2. The van der Waals surface area contributed by atoms with Gasteiger partial charge in [-0.1, -0.05) is 0 Å². The van der Waals surface area contributed by atoms with Gasteiger partial charge in [0.25, 0.3) is 0 Å². The molecule has 17 heavy (non-hydrogen) atoms. The molecular formula is C11H19N3O3. The van der Waals surface area contributed by atoms with E-state index in [1.54, 1.807) is 4.90 Å². The van der Waals surface area contributed by atoms with Crippen LogP contribution in [0, 0.1) is 11.3 Å². The van der Waals surface area contributed by atoms with Crippen LogP contribution >= 0.6 is 0 Å². The van der Waals surface area contributed by atoms with Crippen molar-refractivity contribution in [2.45, 2.75) is 32.6 Å². The van der Waals surface area contributed by atoms with Crippen molar-refractivity contribution in [3.05, 3.63) is 0 Å². The van der Waals surface area contributed by atoms with Gasteiger partial charge in [-0.2, -0.15) is 5.26 Å². The number of nitriles is 1. The third-order valence-electron chi connectivity index (χ3n) is 2.26. The fourth-order valence-corrected chi connectivity index (χ4v) is 1.30. The Labute approximate surface area is 101 Å². The Morgan fingerprint density at radius 2 is 2.12 bits per heavy atom. The van der Waals surface area contributed by atoms with Crippen LogP contribution in [0.15, 0.2) is 0 Å². The summed E-state index contributed by atoms with van der Waals surface area (Å²) in [6.45, 7) is 3.30. The smallest absolute Gasteiger partial charge is 0.317 e. The van der Waals surface area contributed by atoms with E-state index in [1.165, 1.54) is 0 Å². The SMILES string of the molecule is CCN(CCC#N)C(=O)NCCCCC(=O)O. The zero-order valence-corrected chi connectivity index (χ0v) is 10.1. The van der Waals surface area contributed by atoms with E-state index in [0.29, 0.717) is 38.9 Å². The van der Waals surface area contributed by atoms with Gasteiger partial charge in [-0.3, -0.25) is 4.79 Å². The summed E-state index contributed by atoms with van der Waals surface area (Å²) in [7, 11) is 0. The molecule has 0 aromatic heterocycles. The quantitative estimate of drug-likeness (QED) is 0.624. The van der Waals surface area contributed by atoms with Gasteiger partial charge in [0.15, 0.2) is 0 Å². The molecule has 0 aromatic carbocycles. The number of carbonyl (C=O) groups is 2. The predicted molar refractivity (Wildman–Crippen MR) is 62.4 cm³/mol. The van der Waals surface area contributed by atoms with Crippen molar-refractivity contribution in [3.8, 4) is 6.07 Å². The molecule has 0 rings (SSSR count). The van der Waals surface area contributed by atoms with Crippen LogP contribution in [0.25, 0.3) is 0 Å². The lowest BCUT2D eigenvalue weighted by molar-refractivity contribution is -0.137. The third-order valence-corrected chi connectivity index (χ3v) is 2.26. The average molecular weight is 241 g/mol. The van der Waals surface area contributed by atoms with Crippen molar-refractivity contribution in [1.82, 2.24) is 10.2 Å². The van der Waals surface area contributed by atoms with Gasteiger partial charge < -0.3 is 15.3 Å². The minimum absolute atomic E-state index is 0.127. The predicted octanol–water partition coefficient (Wildman–Crippen LogP) is 1.19. The standard InChI is InChI=1S/C11H19N3O3/c1-2-14(9-5-7-12)11(17)13-8-4-3-6-10(15)16/h2-6,8-9H2,1H3,(H,13,17)(H,15,16). The summed E-state index contributed by atoms with van der Waals surface area (Å²) in [5, 5.41) is 19.5. The first-order valence-electron chi connectivity index (χ1n) is 5.73. The number of unbranched alkanes of at least 4 members (excludes halogenated alkanes) is 1. The number of carboxylic acid groups (broad SMARTS) is 1. The number of nitrogens with one attached hydrogen (secondary N) is 1. The van der Waals surface area contributed by atoms with Crippen LogP contribution in [-0.4, -0.2) is 41.6 Å². The van der Waals surface area contributed by atoms with Gasteiger partial charge in [0.1, 0.15) is 0 Å². The van der Waals surface area contributed by atoms with Crippen molar-refractivity contribution in [1.29, 1.82) is 5.26 Å². The van der Waals surface area contributed by atoms with E-state index in [-0.39, 0.29) is 12.5 Å². The molecule has 6 nitrogen and oxygen atoms in total. The largest absolute Gasteiger partial charge is 0.481 e. The van der Waals surface area contributed by atoms with Crippen molar-refractivity contribution in [2.75, 3.05) is 19.6 Å². The van der Waals surface area contributed by atoms with E-state index in [9.17, 15) is 9.59 Å². The molecule has 96 valence electrons. The highest BCUT2D eigenvalue weighted by Crippen LogP contribution is 1.95. The molecule has 0 spiro atoms. The van der Waals surface area contributed by atoms with E-state index in [1.807, 2.05) is 13.0 Å². The van der Waals surface area contributed by atoms with Gasteiger partial charge in [-0.15, -0.1) is 0 Å². The molecule has 0 saturated carbocycles. The summed E-state index contributed by atoms with van der Waals surface area (Å²) < 4.78 is 0. The number of carboxylic acids is 1. The Hall–Kier alpha value is -1.77. The molecule has 0 atom stereocenters. The van der Waals surface area contributed by atoms with E-state index < -0.39 is 5.97 Å². The summed E-state index contributed by atoms with van der Waals surface area (Å²) >= 11 is 0. The molecule has 0 bridgehead atoms. The second-order valence-corrected chi connectivity index (χ2v) is 3.57. The molecule has 0 aromatic rings. The molecule has 0 aliphatic heterocycles. The Morgan fingerprint density at radius 3 is 2.65 bits per heavy atom. The molecule has 0 aliphatic rings. The number of hydrogen-bond donors (Lipinski definition) is 2. The molecule has 0 aliphatic carbocycles. The molecule has 6 heteroatoms. The van der Waals surface area contributed by atoms with E-state index in [2.05, 4.69) is 5.32 Å². The lowest BCUT2D eigenvalue weighted by Gasteiger charge is -2.19. The van der Waals surface area contributed by atoms with Crippen LogP contribution < -0.4 is 5.32 Å². The Bertz CT molecular complexity index is 286. The van der Waals surface area contributed by atoms with Crippen LogP contribution in [0.3, 0.4) is 0 Å². The molecule has 0 heterocycles. The van der Waals surface area contributed by atoms with E-state index in [0.717, 1.165) is 0 Å². The minimum Gasteiger partial charge on any atom is -0.481 e. The first-order chi connectivity index (χ1) is 8.11. The Balaban J connectivity index is 3.68. The highest BCUT2D eigenvalue weighted by Gasteiger charge is 2.09. The maximum atomic E-state index is 11.6. The zero-order chi connectivity index (χ0) is 13.1. The van der Waals surface area contributed by atoms with Crippen LogP contribution in [0.5, 0.6) is 0 Å². The Kier molecular flexibility index (Phi) is 8.47. The van der Waals surface area contributed by atoms with E-state index in [4.69, 9.17) is 10.4 Å². The van der Waals surface area contributed by atoms with E-state index >= 15 is 0 Å². The molecule has 0 saturated heterocycles. The third kappa shape index (κ3) is 8.08. The first-order valence-corrected chi connectivity index (χ1v) is 5.73. The minimum atomic E-state index is -0.819. The molecule has 2 N–H and O–H groups in total. The maximum absolute atomic E-state index is 11.6. The van der Waals surface area contributed by atoms with Gasteiger partial charge >= 0.3 is 12.0 Å². The van der Waals surface area contributed by atoms with Gasteiger partial charge in [0, 0.05) is 26.1 Å². The number of rotatable bonds is 8. The highest BCUT2D eigenvalue weighted by molar-refractivity contribution is 5.74. The lowest BCUT2D eigenvalue weighted by atomic mass is 10.2. The monoisotopic (exact) mass is 241 g/mol. The normalized spacial score (nSPS) is 9.41. The second-order valence-electron chi connectivity index (χ2n) is 3.57. The van der Waals surface area contributed by atoms with Crippen LogP contribution in [0.2, 0.25) is 0 Å². The molecular weight excluding hydrogens is 222 g/mol. The van der Waals surface area contributed by atoms with Crippen molar-refractivity contribution >= 4 is 12.0 Å². The summed E-state index contributed by atoms with van der Waals surface area (Å²) in [6.07, 6.45) is 1.65. The van der Waals surface area contributed by atoms with Crippen molar-refractivity contribution < 1.29 is 14.7 Å². The van der Waals surface area contributed by atoms with Gasteiger partial charge in [-0.25, -0.2) is 4.79 Å². The van der Waals surface area contributed by atoms with Gasteiger partial charge in [0.05, 0.1) is 12.5 Å². The van der Waals surface area contributed by atoms with Crippen LogP contribution in [0.1, 0.15) is 32.6 Å². The van der Waals surface area contributed by atoms with Gasteiger partial charge in [0.2, 0.25) is 0 Å². The average Bonchev–Trinajstić information content (AvgIpc) is 2.29. The topological polar surface area (TPSA) is 93.4 Å². The van der Waals surface area contributed by atoms with Crippen molar-refractivity contribution in [2.24, 2.45) is 0 Å². The molecule has 0 radical (unpaired) electrons. The summed E-state index contributed by atoms with van der Waals surface area (Å²) in [4.78, 5) is 23.4. The number of aliphatic carboxylic acids is 1.